The van der Waals surface area contributed by atoms with Crippen LogP contribution < -0.4 is 5.32 Å². The third kappa shape index (κ3) is 2.55. The van der Waals surface area contributed by atoms with E-state index in [4.69, 9.17) is 0 Å². The predicted molar refractivity (Wildman–Crippen MR) is 77.5 cm³/mol. The van der Waals surface area contributed by atoms with Gasteiger partial charge in [0.15, 0.2) is 5.78 Å². The molecule has 0 bridgehead atoms. The molecule has 1 atom stereocenters. The maximum absolute atomic E-state index is 12.4. The molecule has 1 aliphatic carbocycles. The minimum atomic E-state index is -0.439. The minimum Gasteiger partial charge on any atom is -0.317 e. The second kappa shape index (κ2) is 5.89. The Hall–Kier alpha value is -1.46. The number of hydrogen-bond donors (Lipinski definition) is 1. The van der Waals surface area contributed by atoms with Crippen molar-refractivity contribution in [2.24, 2.45) is 11.8 Å². The van der Waals surface area contributed by atoms with E-state index in [1.54, 1.807) is 6.07 Å². The summed E-state index contributed by atoms with van der Waals surface area (Å²) >= 11 is 0. The molecule has 0 saturated carbocycles. The van der Waals surface area contributed by atoms with E-state index in [0.29, 0.717) is 11.5 Å². The Kier molecular flexibility index (Phi) is 4.40. The minimum absolute atomic E-state index is 0. The zero-order chi connectivity index (χ0) is 13.4. The maximum atomic E-state index is 12.4. The summed E-state index contributed by atoms with van der Waals surface area (Å²) in [5.74, 6) is 0.546. The highest BCUT2D eigenvalue weighted by atomic mass is 35.5. The van der Waals surface area contributed by atoms with Crippen LogP contribution in [0.4, 0.5) is 5.69 Å². The van der Waals surface area contributed by atoms with Gasteiger partial charge >= 0.3 is 0 Å². The Bertz CT molecular complexity index is 541. The molecule has 1 N–H and O–H groups in total. The summed E-state index contributed by atoms with van der Waals surface area (Å²) in [4.78, 5) is 22.8. The Morgan fingerprint density at radius 2 is 1.95 bits per heavy atom. The lowest BCUT2D eigenvalue weighted by Crippen LogP contribution is -2.33. The topological polar surface area (TPSA) is 72.2 Å². The van der Waals surface area contributed by atoms with E-state index >= 15 is 0 Å². The molecule has 0 amide bonds. The molecule has 1 saturated heterocycles. The van der Waals surface area contributed by atoms with Crippen molar-refractivity contribution in [3.05, 3.63) is 39.4 Å². The number of hydrogen-bond acceptors (Lipinski definition) is 4. The molecular weight excluding hydrogens is 280 g/mol. The molecule has 1 heterocycles. The predicted octanol–water partition coefficient (Wildman–Crippen LogP) is 2.37. The molecule has 108 valence electrons. The van der Waals surface area contributed by atoms with Gasteiger partial charge in [-0.15, -0.1) is 12.4 Å². The molecule has 5 nitrogen and oxygen atoms in total. The number of nitro groups is 1. The number of non-ortho nitro benzene ring substituents is 1. The second-order valence-electron chi connectivity index (χ2n) is 5.36. The average Bonchev–Trinajstić information content (AvgIpc) is 2.77. The number of nitro benzene ring substituents is 1. The van der Waals surface area contributed by atoms with E-state index in [1.165, 1.54) is 12.1 Å². The number of rotatable bonds is 2. The SMILES string of the molecule is Cl.O=C1c2cc([N+](=O)[O-])ccc2CC1C1CCNCC1. The van der Waals surface area contributed by atoms with E-state index in [2.05, 4.69) is 5.32 Å². The van der Waals surface area contributed by atoms with Crippen LogP contribution in [0.15, 0.2) is 18.2 Å². The number of carbonyl (C=O) groups excluding carboxylic acids is 1. The van der Waals surface area contributed by atoms with Gasteiger partial charge < -0.3 is 5.32 Å². The number of piperidine rings is 1. The van der Waals surface area contributed by atoms with Crippen LogP contribution in [0.2, 0.25) is 0 Å². The lowest BCUT2D eigenvalue weighted by Gasteiger charge is -2.26. The van der Waals surface area contributed by atoms with Crippen LogP contribution in [0, 0.1) is 22.0 Å². The molecule has 0 spiro atoms. The second-order valence-corrected chi connectivity index (χ2v) is 5.36. The van der Waals surface area contributed by atoms with Crippen molar-refractivity contribution in [3.63, 3.8) is 0 Å². The van der Waals surface area contributed by atoms with Crippen LogP contribution in [0.3, 0.4) is 0 Å². The summed E-state index contributed by atoms with van der Waals surface area (Å²) in [6.07, 6.45) is 2.79. The first-order valence-corrected chi connectivity index (χ1v) is 6.69. The number of benzene rings is 1. The van der Waals surface area contributed by atoms with Gasteiger partial charge in [-0.3, -0.25) is 14.9 Å². The molecule has 20 heavy (non-hydrogen) atoms. The number of nitrogens with zero attached hydrogens (tertiary/aromatic N) is 1. The summed E-state index contributed by atoms with van der Waals surface area (Å²) in [6.45, 7) is 1.93. The van der Waals surface area contributed by atoms with Crippen molar-refractivity contribution in [2.45, 2.75) is 19.3 Å². The van der Waals surface area contributed by atoms with Gasteiger partial charge in [-0.05, 0) is 43.8 Å². The van der Waals surface area contributed by atoms with E-state index in [0.717, 1.165) is 37.9 Å². The van der Waals surface area contributed by atoms with E-state index in [-0.39, 0.29) is 29.8 Å². The summed E-state index contributed by atoms with van der Waals surface area (Å²) in [7, 11) is 0. The first-order chi connectivity index (χ1) is 9.16. The highest BCUT2D eigenvalue weighted by Crippen LogP contribution is 2.36. The number of carbonyl (C=O) groups is 1. The van der Waals surface area contributed by atoms with Gasteiger partial charge in [0.2, 0.25) is 0 Å². The molecule has 2 aliphatic rings. The average molecular weight is 297 g/mol. The van der Waals surface area contributed by atoms with Gasteiger partial charge in [0.25, 0.3) is 5.69 Å². The molecule has 1 aliphatic heterocycles. The molecule has 1 aromatic carbocycles. The summed E-state index contributed by atoms with van der Waals surface area (Å²) in [5, 5.41) is 14.1. The highest BCUT2D eigenvalue weighted by Gasteiger charge is 2.37. The molecule has 1 fully saturated rings. The zero-order valence-corrected chi connectivity index (χ0v) is 11.8. The fourth-order valence-corrected chi connectivity index (χ4v) is 3.24. The fraction of sp³-hybridized carbons (Fsp3) is 0.500. The molecule has 0 aromatic heterocycles. The number of halogens is 1. The van der Waals surface area contributed by atoms with Crippen LogP contribution in [-0.2, 0) is 6.42 Å². The normalized spacial score (nSPS) is 22.2. The number of nitrogens with one attached hydrogen (secondary N) is 1. The maximum Gasteiger partial charge on any atom is 0.270 e. The van der Waals surface area contributed by atoms with E-state index in [9.17, 15) is 14.9 Å². The monoisotopic (exact) mass is 296 g/mol. The number of fused-ring (bicyclic) bond motifs is 1. The van der Waals surface area contributed by atoms with Gasteiger partial charge in [-0.2, -0.15) is 0 Å². The van der Waals surface area contributed by atoms with Crippen LogP contribution in [-0.4, -0.2) is 23.8 Å². The third-order valence-electron chi connectivity index (χ3n) is 4.30. The van der Waals surface area contributed by atoms with Crippen molar-refractivity contribution >= 4 is 23.9 Å². The van der Waals surface area contributed by atoms with Crippen molar-refractivity contribution in [2.75, 3.05) is 13.1 Å². The van der Waals surface area contributed by atoms with Gasteiger partial charge in [-0.25, -0.2) is 0 Å². The van der Waals surface area contributed by atoms with E-state index < -0.39 is 4.92 Å². The van der Waals surface area contributed by atoms with Crippen LogP contribution >= 0.6 is 12.4 Å². The standard InChI is InChI=1S/C14H16N2O3.ClH/c17-14-12(9-3-5-15-6-4-9)7-10-1-2-11(16(18)19)8-13(10)14;/h1-2,8-9,12,15H,3-7H2;1H. The molecule has 1 aromatic rings. The number of Topliss-reactive ketones (excluding diaryl/α,β-unsaturated/α-hetero) is 1. The van der Waals surface area contributed by atoms with Crippen LogP contribution in [0.25, 0.3) is 0 Å². The van der Waals surface area contributed by atoms with Crippen molar-refractivity contribution < 1.29 is 9.72 Å². The summed E-state index contributed by atoms with van der Waals surface area (Å²) in [6, 6.07) is 4.68. The van der Waals surface area contributed by atoms with Crippen molar-refractivity contribution in [3.8, 4) is 0 Å². The van der Waals surface area contributed by atoms with Gasteiger partial charge in [-0.1, -0.05) is 6.07 Å². The van der Waals surface area contributed by atoms with Gasteiger partial charge in [0.1, 0.15) is 0 Å². The lowest BCUT2D eigenvalue weighted by atomic mass is 9.82. The fourth-order valence-electron chi connectivity index (χ4n) is 3.24. The van der Waals surface area contributed by atoms with Crippen LogP contribution in [0.1, 0.15) is 28.8 Å². The smallest absolute Gasteiger partial charge is 0.270 e. The highest BCUT2D eigenvalue weighted by molar-refractivity contribution is 6.02. The van der Waals surface area contributed by atoms with Crippen LogP contribution in [0.5, 0.6) is 0 Å². The lowest BCUT2D eigenvalue weighted by molar-refractivity contribution is -0.384. The van der Waals surface area contributed by atoms with Crippen molar-refractivity contribution in [1.82, 2.24) is 5.32 Å². The summed E-state index contributed by atoms with van der Waals surface area (Å²) in [5.41, 5.74) is 1.55. The molecule has 1 unspecified atom stereocenters. The van der Waals surface area contributed by atoms with Gasteiger partial charge in [0, 0.05) is 23.6 Å². The summed E-state index contributed by atoms with van der Waals surface area (Å²) < 4.78 is 0. The Morgan fingerprint density at radius 1 is 1.25 bits per heavy atom. The zero-order valence-electron chi connectivity index (χ0n) is 11.0. The molecule has 6 heteroatoms. The Balaban J connectivity index is 0.00000147. The first-order valence-electron chi connectivity index (χ1n) is 6.69. The van der Waals surface area contributed by atoms with E-state index in [1.807, 2.05) is 0 Å². The first kappa shape index (κ1) is 14.9. The molecule has 3 rings (SSSR count). The quantitative estimate of drug-likeness (QED) is 0.672. The largest absolute Gasteiger partial charge is 0.317 e. The Morgan fingerprint density at radius 3 is 2.60 bits per heavy atom. The number of ketones is 1. The third-order valence-corrected chi connectivity index (χ3v) is 4.30. The molecular formula is C14H17ClN2O3. The molecule has 0 radical (unpaired) electrons. The van der Waals surface area contributed by atoms with Crippen molar-refractivity contribution in [1.29, 1.82) is 0 Å². The Labute approximate surface area is 123 Å². The van der Waals surface area contributed by atoms with Gasteiger partial charge in [0.05, 0.1) is 4.92 Å².